The van der Waals surface area contributed by atoms with Crippen molar-refractivity contribution in [2.24, 2.45) is 0 Å². The quantitative estimate of drug-likeness (QED) is 0.0228. The van der Waals surface area contributed by atoms with Crippen LogP contribution in [0.4, 0.5) is 0 Å². The average molecular weight is 1140 g/mol. The van der Waals surface area contributed by atoms with Gasteiger partial charge in [-0.25, -0.2) is 4.79 Å². The van der Waals surface area contributed by atoms with Gasteiger partial charge in [0.05, 0.1) is 6.61 Å². The first kappa shape index (κ1) is 75.7. The summed E-state index contributed by atoms with van der Waals surface area (Å²) in [5.74, 6) is -3.11. The number of ether oxygens (including phenoxy) is 5. The number of allylic oxidation sites excluding steroid dienone is 8. The third-order valence-electron chi connectivity index (χ3n) is 15.4. The van der Waals surface area contributed by atoms with Gasteiger partial charge in [0.15, 0.2) is 24.6 Å². The number of carboxylic acid groups (broad SMARTS) is 1. The highest BCUT2D eigenvalue weighted by Crippen LogP contribution is 2.27. The van der Waals surface area contributed by atoms with Gasteiger partial charge >= 0.3 is 23.9 Å². The summed E-state index contributed by atoms with van der Waals surface area (Å²) < 4.78 is 28.6. The fourth-order valence-electron chi connectivity index (χ4n) is 10.2. The average Bonchev–Trinajstić information content (AvgIpc) is 3.53. The van der Waals surface area contributed by atoms with Crippen LogP contribution in [-0.2, 0) is 42.9 Å². The second-order valence-electron chi connectivity index (χ2n) is 23.1. The molecule has 1 aliphatic rings. The maximum absolute atomic E-state index is 13.2. The highest BCUT2D eigenvalue weighted by Gasteiger charge is 2.50. The lowest BCUT2D eigenvalue weighted by Crippen LogP contribution is -2.61. The van der Waals surface area contributed by atoms with Gasteiger partial charge in [0.1, 0.15) is 18.8 Å². The summed E-state index contributed by atoms with van der Waals surface area (Å²) in [6.07, 6.45) is 57.8. The lowest BCUT2D eigenvalue weighted by atomic mass is 9.98. The number of rotatable bonds is 58. The van der Waals surface area contributed by atoms with Gasteiger partial charge in [-0.3, -0.25) is 14.4 Å². The zero-order chi connectivity index (χ0) is 58.9. The van der Waals surface area contributed by atoms with Crippen LogP contribution in [0.25, 0.3) is 0 Å². The van der Waals surface area contributed by atoms with Crippen molar-refractivity contribution >= 4 is 23.9 Å². The predicted octanol–water partition coefficient (Wildman–Crippen LogP) is 18.1. The van der Waals surface area contributed by atoms with Crippen LogP contribution in [-0.4, -0.2) is 89.2 Å². The SMILES string of the molecule is CCCCC/C=C\C/C=C\CCCCCCCCCCCC(=O)OCC(COC1OC(C(=O)O)C(O)C(O)C1OC(=O)CCCCCCC/C=C\C/C=C\CCCCC)OC(=O)CCCCCCCCCCCCCCCCCCC. The van der Waals surface area contributed by atoms with Crippen molar-refractivity contribution < 1.29 is 58.2 Å². The summed E-state index contributed by atoms with van der Waals surface area (Å²) >= 11 is 0. The van der Waals surface area contributed by atoms with Crippen LogP contribution in [0.15, 0.2) is 48.6 Å². The standard InChI is InChI=1S/C69H122O12/c1-4-7-10-13-16-19-22-25-28-30-31-33-35-37-40-43-46-49-52-55-61(70)77-58-60(79-62(71)56-53-50-47-44-41-39-36-32-29-26-23-20-17-14-11-8-5-2)59-78-69-67(65(74)64(73)66(81-69)68(75)76)80-63(72)57-54-51-48-45-42-38-34-27-24-21-18-15-12-9-6-3/h16,18-19,21,25,27-28,34,60,64-67,69,73-74H,4-15,17,20,22-24,26,29-33,35-59H2,1-3H3,(H,75,76)/b19-16-,21-18-,28-25-,34-27-. The highest BCUT2D eigenvalue weighted by molar-refractivity contribution is 5.74. The zero-order valence-electron chi connectivity index (χ0n) is 52.0. The molecule has 1 rings (SSSR count). The van der Waals surface area contributed by atoms with E-state index in [0.29, 0.717) is 19.3 Å². The van der Waals surface area contributed by atoms with E-state index in [-0.39, 0.29) is 25.9 Å². The highest BCUT2D eigenvalue weighted by atomic mass is 16.7. The number of unbranched alkanes of at least 4 members (excludes halogenated alkanes) is 36. The molecule has 0 aromatic rings. The van der Waals surface area contributed by atoms with E-state index in [1.807, 2.05) is 0 Å². The number of carbonyl (C=O) groups excluding carboxylic acids is 3. The molecule has 6 atom stereocenters. The van der Waals surface area contributed by atoms with Crippen LogP contribution in [0.1, 0.15) is 316 Å². The number of hydrogen-bond acceptors (Lipinski definition) is 11. The van der Waals surface area contributed by atoms with Gasteiger partial charge in [0.2, 0.25) is 0 Å². The number of aliphatic hydroxyl groups is 2. The molecule has 6 unspecified atom stereocenters. The zero-order valence-corrected chi connectivity index (χ0v) is 52.0. The molecule has 0 saturated carbocycles. The first-order valence-electron chi connectivity index (χ1n) is 33.6. The maximum atomic E-state index is 13.2. The first-order valence-corrected chi connectivity index (χ1v) is 33.6. The molecule has 12 heteroatoms. The Kier molecular flexibility index (Phi) is 53.4. The Bertz CT molecular complexity index is 1590. The van der Waals surface area contributed by atoms with Gasteiger partial charge in [-0.2, -0.15) is 0 Å². The largest absolute Gasteiger partial charge is 0.479 e. The topological polar surface area (TPSA) is 175 Å². The minimum Gasteiger partial charge on any atom is -0.479 e. The number of aliphatic carboxylic acids is 1. The predicted molar refractivity (Wildman–Crippen MR) is 331 cm³/mol. The fraction of sp³-hybridized carbons (Fsp3) is 0.826. The second kappa shape index (κ2) is 57.1. The first-order chi connectivity index (χ1) is 39.6. The van der Waals surface area contributed by atoms with Crippen molar-refractivity contribution in [3.05, 3.63) is 48.6 Å². The second-order valence-corrected chi connectivity index (χ2v) is 23.1. The molecule has 1 aliphatic heterocycles. The summed E-state index contributed by atoms with van der Waals surface area (Å²) in [5.41, 5.74) is 0. The van der Waals surface area contributed by atoms with E-state index in [4.69, 9.17) is 23.7 Å². The Morgan fingerprint density at radius 2 is 0.741 bits per heavy atom. The van der Waals surface area contributed by atoms with Gasteiger partial charge in [-0.15, -0.1) is 0 Å². The summed E-state index contributed by atoms with van der Waals surface area (Å²) in [4.78, 5) is 51.4. The van der Waals surface area contributed by atoms with Crippen molar-refractivity contribution in [1.82, 2.24) is 0 Å². The van der Waals surface area contributed by atoms with Crippen LogP contribution in [0.5, 0.6) is 0 Å². The van der Waals surface area contributed by atoms with E-state index < -0.39 is 67.3 Å². The third-order valence-corrected chi connectivity index (χ3v) is 15.4. The van der Waals surface area contributed by atoms with E-state index in [9.17, 15) is 34.5 Å². The molecule has 3 N–H and O–H groups in total. The Hall–Kier alpha value is -3.32. The van der Waals surface area contributed by atoms with Crippen LogP contribution in [0, 0.1) is 0 Å². The van der Waals surface area contributed by atoms with Crippen molar-refractivity contribution in [2.75, 3.05) is 13.2 Å². The summed E-state index contributed by atoms with van der Waals surface area (Å²) in [6.45, 7) is 5.99. The van der Waals surface area contributed by atoms with Crippen LogP contribution < -0.4 is 0 Å². The van der Waals surface area contributed by atoms with E-state index in [1.54, 1.807) is 0 Å². The van der Waals surface area contributed by atoms with Crippen LogP contribution >= 0.6 is 0 Å². The minimum absolute atomic E-state index is 0.0464. The fourth-order valence-corrected chi connectivity index (χ4v) is 10.2. The molecule has 81 heavy (non-hydrogen) atoms. The molecule has 1 saturated heterocycles. The number of aliphatic hydroxyl groups excluding tert-OH is 2. The molecule has 12 nitrogen and oxygen atoms in total. The molecular weight excluding hydrogens is 1020 g/mol. The number of carbonyl (C=O) groups is 4. The lowest BCUT2D eigenvalue weighted by Gasteiger charge is -2.40. The Labute approximate surface area is 494 Å². The van der Waals surface area contributed by atoms with Gasteiger partial charge in [0, 0.05) is 19.3 Å². The Morgan fingerprint density at radius 1 is 0.407 bits per heavy atom. The normalized spacial score (nSPS) is 18.0. The molecule has 0 bridgehead atoms. The molecule has 0 aliphatic carbocycles. The molecular formula is C69H122O12. The van der Waals surface area contributed by atoms with Gasteiger partial charge in [-0.05, 0) is 83.5 Å². The van der Waals surface area contributed by atoms with E-state index in [0.717, 1.165) is 96.3 Å². The van der Waals surface area contributed by atoms with Crippen molar-refractivity contribution in [3.8, 4) is 0 Å². The summed E-state index contributed by atoms with van der Waals surface area (Å²) in [7, 11) is 0. The van der Waals surface area contributed by atoms with Gasteiger partial charge in [-0.1, -0.05) is 262 Å². The number of esters is 3. The molecule has 0 radical (unpaired) electrons. The molecule has 1 heterocycles. The third kappa shape index (κ3) is 46.7. The van der Waals surface area contributed by atoms with Gasteiger partial charge < -0.3 is 39.0 Å². The minimum atomic E-state index is -1.91. The maximum Gasteiger partial charge on any atom is 0.335 e. The summed E-state index contributed by atoms with van der Waals surface area (Å²) in [6, 6.07) is 0. The smallest absolute Gasteiger partial charge is 0.335 e. The Balaban J connectivity index is 2.64. The van der Waals surface area contributed by atoms with Crippen LogP contribution in [0.3, 0.4) is 0 Å². The molecule has 0 spiro atoms. The van der Waals surface area contributed by atoms with Gasteiger partial charge in [0.25, 0.3) is 0 Å². The van der Waals surface area contributed by atoms with Crippen molar-refractivity contribution in [3.63, 3.8) is 0 Å². The summed E-state index contributed by atoms with van der Waals surface area (Å²) in [5, 5.41) is 31.6. The molecule has 470 valence electrons. The van der Waals surface area contributed by atoms with Crippen molar-refractivity contribution in [1.29, 1.82) is 0 Å². The van der Waals surface area contributed by atoms with Crippen LogP contribution in [0.2, 0.25) is 0 Å². The van der Waals surface area contributed by atoms with E-state index in [1.165, 1.54) is 161 Å². The molecule has 0 aromatic carbocycles. The van der Waals surface area contributed by atoms with Crippen molar-refractivity contribution in [2.45, 2.75) is 353 Å². The molecule has 0 amide bonds. The number of hydrogen-bond donors (Lipinski definition) is 3. The lowest BCUT2D eigenvalue weighted by molar-refractivity contribution is -0.301. The monoisotopic (exact) mass is 1140 g/mol. The molecule has 1 fully saturated rings. The van der Waals surface area contributed by atoms with E-state index >= 15 is 0 Å². The Morgan fingerprint density at radius 3 is 1.14 bits per heavy atom. The number of carboxylic acids is 1. The molecule has 0 aromatic heterocycles. The van der Waals surface area contributed by atoms with E-state index in [2.05, 4.69) is 69.4 Å².